The Morgan fingerprint density at radius 2 is 1.62 bits per heavy atom. The van der Waals surface area contributed by atoms with Crippen LogP contribution in [0.15, 0.2) is 30.3 Å². The minimum atomic E-state index is -4.52. The van der Waals surface area contributed by atoms with Gasteiger partial charge in [0, 0.05) is 23.2 Å². The monoisotopic (exact) mass is 425 g/mol. The van der Waals surface area contributed by atoms with Gasteiger partial charge in [-0.1, -0.05) is 44.5 Å². The van der Waals surface area contributed by atoms with Gasteiger partial charge in [0.2, 0.25) is 0 Å². The van der Waals surface area contributed by atoms with Crippen LogP contribution in [0.3, 0.4) is 0 Å². The first kappa shape index (κ1) is 22.0. The minimum absolute atomic E-state index is 0.0840. The molecule has 0 amide bonds. The quantitative estimate of drug-likeness (QED) is 0.476. The molecule has 3 rings (SSSR count). The summed E-state index contributed by atoms with van der Waals surface area (Å²) in [7, 11) is 0. The standard InChI is InChI=1S/C23H27ClF3NO/c1-21(2,3)16-9-15-12-28(22(4,5)6)13-29-20(15)17(11-16)14-7-8-19(24)18(10-14)23(25,26)27/h7-11H,12-13H2,1-6H3. The van der Waals surface area contributed by atoms with Crippen molar-refractivity contribution in [1.29, 1.82) is 0 Å². The second kappa shape index (κ2) is 7.21. The van der Waals surface area contributed by atoms with Crippen LogP contribution in [-0.4, -0.2) is 17.2 Å². The van der Waals surface area contributed by atoms with Gasteiger partial charge in [-0.2, -0.15) is 13.2 Å². The smallest absolute Gasteiger partial charge is 0.417 e. The van der Waals surface area contributed by atoms with E-state index < -0.39 is 11.7 Å². The number of halogens is 4. The first-order valence-corrected chi connectivity index (χ1v) is 9.98. The molecule has 1 aliphatic heterocycles. The molecule has 158 valence electrons. The first-order chi connectivity index (χ1) is 13.2. The minimum Gasteiger partial charge on any atom is -0.477 e. The molecule has 0 saturated carbocycles. The largest absolute Gasteiger partial charge is 0.477 e. The number of hydrogen-bond acceptors (Lipinski definition) is 2. The van der Waals surface area contributed by atoms with Gasteiger partial charge in [-0.3, -0.25) is 4.90 Å². The fourth-order valence-corrected chi connectivity index (χ4v) is 3.58. The zero-order chi connectivity index (χ0) is 21.8. The lowest BCUT2D eigenvalue weighted by Gasteiger charge is -2.40. The molecule has 0 radical (unpaired) electrons. The SMILES string of the molecule is CC(C)(C)c1cc2c(c(-c3ccc(Cl)c(C(F)(F)F)c3)c1)OCN(C(C)(C)C)C2. The highest BCUT2D eigenvalue weighted by molar-refractivity contribution is 6.31. The Kier molecular flexibility index (Phi) is 5.46. The van der Waals surface area contributed by atoms with Gasteiger partial charge in [-0.15, -0.1) is 0 Å². The molecule has 0 saturated heterocycles. The Bertz CT molecular complexity index is 923. The summed E-state index contributed by atoms with van der Waals surface area (Å²) in [6, 6.07) is 8.09. The fraction of sp³-hybridized carbons (Fsp3) is 0.478. The van der Waals surface area contributed by atoms with Gasteiger partial charge < -0.3 is 4.74 Å². The maximum absolute atomic E-state index is 13.4. The summed E-state index contributed by atoms with van der Waals surface area (Å²) in [6.45, 7) is 13.7. The molecule has 0 atom stereocenters. The molecule has 2 aromatic carbocycles. The summed E-state index contributed by atoms with van der Waals surface area (Å²) in [5, 5.41) is -0.304. The van der Waals surface area contributed by atoms with Crippen molar-refractivity contribution in [3.8, 4) is 16.9 Å². The lowest BCUT2D eigenvalue weighted by Crippen LogP contribution is -2.45. The molecule has 29 heavy (non-hydrogen) atoms. The van der Waals surface area contributed by atoms with Crippen LogP contribution in [0.2, 0.25) is 5.02 Å². The van der Waals surface area contributed by atoms with Crippen molar-refractivity contribution in [1.82, 2.24) is 4.90 Å². The molecule has 1 aliphatic rings. The van der Waals surface area contributed by atoms with Crippen LogP contribution >= 0.6 is 11.6 Å². The summed E-state index contributed by atoms with van der Waals surface area (Å²) < 4.78 is 46.3. The Hall–Kier alpha value is -1.72. The Morgan fingerprint density at radius 3 is 2.17 bits per heavy atom. The van der Waals surface area contributed by atoms with Crippen LogP contribution in [0.4, 0.5) is 13.2 Å². The highest BCUT2D eigenvalue weighted by Crippen LogP contribution is 2.44. The van der Waals surface area contributed by atoms with Gasteiger partial charge in [0.1, 0.15) is 12.5 Å². The van der Waals surface area contributed by atoms with Crippen LogP contribution in [0.25, 0.3) is 11.1 Å². The zero-order valence-corrected chi connectivity index (χ0v) is 18.4. The Morgan fingerprint density at radius 1 is 0.966 bits per heavy atom. The van der Waals surface area contributed by atoms with E-state index in [-0.39, 0.29) is 16.0 Å². The van der Waals surface area contributed by atoms with Crippen LogP contribution in [0.5, 0.6) is 5.75 Å². The zero-order valence-electron chi connectivity index (χ0n) is 17.7. The highest BCUT2D eigenvalue weighted by Gasteiger charge is 2.34. The Balaban J connectivity index is 2.20. The predicted octanol–water partition coefficient (Wildman–Crippen LogP) is 7.27. The summed E-state index contributed by atoms with van der Waals surface area (Å²) in [5.41, 5.74) is 2.08. The van der Waals surface area contributed by atoms with Gasteiger partial charge in [-0.25, -0.2) is 0 Å². The number of fused-ring (bicyclic) bond motifs is 1. The Labute approximate surface area is 175 Å². The first-order valence-electron chi connectivity index (χ1n) is 9.60. The highest BCUT2D eigenvalue weighted by atomic mass is 35.5. The van der Waals surface area contributed by atoms with Crippen LogP contribution in [0.1, 0.15) is 58.2 Å². The van der Waals surface area contributed by atoms with Crippen molar-refractivity contribution in [3.63, 3.8) is 0 Å². The maximum Gasteiger partial charge on any atom is 0.417 e. The van der Waals surface area contributed by atoms with E-state index in [0.717, 1.165) is 17.2 Å². The normalized spacial score (nSPS) is 15.8. The lowest BCUT2D eigenvalue weighted by atomic mass is 9.83. The number of hydrogen-bond donors (Lipinski definition) is 0. The van der Waals surface area contributed by atoms with Crippen molar-refractivity contribution in [2.45, 2.75) is 65.2 Å². The van der Waals surface area contributed by atoms with Gasteiger partial charge >= 0.3 is 6.18 Å². The van der Waals surface area contributed by atoms with Gasteiger partial charge in [0.25, 0.3) is 0 Å². The fourth-order valence-electron chi connectivity index (χ4n) is 3.36. The van der Waals surface area contributed by atoms with E-state index in [9.17, 15) is 13.2 Å². The molecule has 2 nitrogen and oxygen atoms in total. The summed E-state index contributed by atoms with van der Waals surface area (Å²) in [5.74, 6) is 0.647. The van der Waals surface area contributed by atoms with Crippen molar-refractivity contribution in [3.05, 3.63) is 52.0 Å². The molecule has 0 unspecified atom stereocenters. The summed E-state index contributed by atoms with van der Waals surface area (Å²) >= 11 is 5.83. The average molecular weight is 426 g/mol. The van der Waals surface area contributed by atoms with Gasteiger partial charge in [0.15, 0.2) is 0 Å². The van der Waals surface area contributed by atoms with E-state index in [0.29, 0.717) is 30.2 Å². The summed E-state index contributed by atoms with van der Waals surface area (Å²) in [4.78, 5) is 2.20. The van der Waals surface area contributed by atoms with Crippen molar-refractivity contribution < 1.29 is 17.9 Å². The third-order valence-corrected chi connectivity index (χ3v) is 5.62. The third kappa shape index (κ3) is 4.56. The molecule has 1 heterocycles. The average Bonchev–Trinajstić information content (AvgIpc) is 2.58. The third-order valence-electron chi connectivity index (χ3n) is 5.29. The van der Waals surface area contributed by atoms with Gasteiger partial charge in [-0.05, 0) is 55.5 Å². The van der Waals surface area contributed by atoms with Crippen LogP contribution in [-0.2, 0) is 18.1 Å². The molecule has 0 bridgehead atoms. The molecule has 0 spiro atoms. The van der Waals surface area contributed by atoms with E-state index in [1.165, 1.54) is 6.07 Å². The molecular weight excluding hydrogens is 399 g/mol. The topological polar surface area (TPSA) is 12.5 Å². The molecule has 2 aromatic rings. The second-order valence-electron chi connectivity index (χ2n) is 9.60. The molecule has 6 heteroatoms. The lowest BCUT2D eigenvalue weighted by molar-refractivity contribution is -0.137. The second-order valence-corrected chi connectivity index (χ2v) is 10.0. The number of rotatable bonds is 1. The molecular formula is C23H27ClF3NO. The van der Waals surface area contributed by atoms with Crippen LogP contribution in [0, 0.1) is 0 Å². The predicted molar refractivity (Wildman–Crippen MR) is 111 cm³/mol. The number of nitrogens with zero attached hydrogens (tertiary/aromatic N) is 1. The van der Waals surface area contributed by atoms with Gasteiger partial charge in [0.05, 0.1) is 10.6 Å². The van der Waals surface area contributed by atoms with E-state index in [2.05, 4.69) is 52.5 Å². The van der Waals surface area contributed by atoms with E-state index in [1.807, 2.05) is 6.07 Å². The van der Waals surface area contributed by atoms with Crippen molar-refractivity contribution in [2.75, 3.05) is 6.73 Å². The maximum atomic E-state index is 13.4. The number of alkyl halides is 3. The molecule has 0 N–H and O–H groups in total. The number of benzene rings is 2. The van der Waals surface area contributed by atoms with E-state index >= 15 is 0 Å². The van der Waals surface area contributed by atoms with E-state index in [1.54, 1.807) is 6.07 Å². The molecule has 0 aliphatic carbocycles. The summed E-state index contributed by atoms with van der Waals surface area (Å²) in [6.07, 6.45) is -4.52. The van der Waals surface area contributed by atoms with Crippen molar-refractivity contribution >= 4 is 11.6 Å². The van der Waals surface area contributed by atoms with Crippen LogP contribution < -0.4 is 4.74 Å². The van der Waals surface area contributed by atoms with Crippen molar-refractivity contribution in [2.24, 2.45) is 0 Å². The number of ether oxygens (including phenoxy) is 1. The molecule has 0 aromatic heterocycles. The molecule has 0 fully saturated rings. The van der Waals surface area contributed by atoms with E-state index in [4.69, 9.17) is 16.3 Å².